The number of carbonyl (C=O) groups is 11. The van der Waals surface area contributed by atoms with Crippen LogP contribution in [0.2, 0.25) is 0 Å². The van der Waals surface area contributed by atoms with Gasteiger partial charge >= 0.3 is 11.9 Å². The number of rotatable bonds is 65. The number of hydrogen-bond donors (Lipinski definition) is 8. The zero-order valence-electron chi connectivity index (χ0n) is 69.9. The van der Waals surface area contributed by atoms with Gasteiger partial charge in [0.15, 0.2) is 5.60 Å². The molecule has 668 valence electrons. The predicted octanol–water partition coefficient (Wildman–Crippen LogP) is 0.799. The summed E-state index contributed by atoms with van der Waals surface area (Å²) in [5.41, 5.74) is 5.92. The SMILES string of the molecule is CC[C@@]1(O)C(=O)OC(=O)C2=C1C=C1c3nc4cc(C)c(C)c5c4c(c3CN1C2)[C@@H](NC(=O)COCNC(=O)CNC(=O)[C@H](Cc1ccccc1)NC(=O)CNC(=O)[C@H](CCCCNC(=O)COCCOCCOCCOCCOCCOCCOCCOCCOCCOCCOCCOCCOC)NC(=O)CCCCCN1C(=O)C=CC1=O)CC5. The van der Waals surface area contributed by atoms with E-state index in [0.717, 1.165) is 38.1 Å². The molecule has 0 bridgehead atoms. The molecule has 2 aromatic carbocycles. The summed E-state index contributed by atoms with van der Waals surface area (Å²) in [5, 5.41) is 31.3. The highest BCUT2D eigenvalue weighted by Gasteiger charge is 2.51. The van der Waals surface area contributed by atoms with Crippen LogP contribution in [0.1, 0.15) is 110 Å². The molecule has 1 aliphatic carbocycles. The molecular formula is C84H120N10O27. The second-order valence-electron chi connectivity index (χ2n) is 28.9. The first kappa shape index (κ1) is 97.3. The lowest BCUT2D eigenvalue weighted by atomic mass is 9.80. The molecule has 5 heterocycles. The van der Waals surface area contributed by atoms with Crippen LogP contribution < -0.4 is 37.2 Å². The number of aliphatic hydroxyl groups is 1. The molecule has 37 nitrogen and oxygen atoms in total. The molecule has 8 rings (SSSR count). The molecule has 0 unspecified atom stereocenters. The molecule has 9 amide bonds. The first-order chi connectivity index (χ1) is 58.8. The zero-order chi connectivity index (χ0) is 86.4. The van der Waals surface area contributed by atoms with Crippen molar-refractivity contribution < 1.29 is 129 Å². The normalized spacial score (nSPS) is 16.3. The monoisotopic (exact) mass is 1700 g/mol. The van der Waals surface area contributed by atoms with E-state index in [-0.39, 0.29) is 82.2 Å². The number of carbonyl (C=O) groups excluding carboxylic acids is 11. The minimum atomic E-state index is -2.02. The third-order valence-electron chi connectivity index (χ3n) is 20.3. The van der Waals surface area contributed by atoms with Crippen LogP contribution in [0.3, 0.4) is 0 Å². The highest BCUT2D eigenvalue weighted by molar-refractivity contribution is 6.13. The zero-order valence-corrected chi connectivity index (χ0v) is 69.9. The number of imide groups is 1. The molecule has 8 N–H and O–H groups in total. The molecule has 37 heteroatoms. The number of ether oxygens (including phenoxy) is 15. The maximum absolute atomic E-state index is 13.8. The summed E-state index contributed by atoms with van der Waals surface area (Å²) in [6.07, 6.45) is 7.44. The number of aryl methyl sites for hydroxylation is 2. The maximum atomic E-state index is 13.8. The standard InChI is InChI=1S/C84H120N10O27/c1-5-84(106)64-50-69-79-63(54-93(69)53-62(64)82(104)121-83(84)105)78-65(19-18-61-59(3)58(2)48-67(92-79)77(61)78)89-74(99)56-120-57-88-71(96)51-86-81(103)68(49-60-14-8-6-9-15-60)91-72(97)52-87-80(102)66(90-70(95)17-10-7-13-23-94-75(100)20-21-76(94)101)16-11-12-22-85-73(98)55-119-47-46-118-45-44-117-43-42-116-41-40-115-39-38-114-37-36-113-35-34-112-33-32-111-31-30-110-29-28-109-27-26-108-25-24-107-4/h6,8-9,14-15,20-21,48,50,65-66,68,106H,5,7,10-13,16-19,22-47,49,51-57H2,1-4H3,(H,85,98)(H,86,103)(H,87,102)(H,88,96)(H,89,99)(H,90,95)(H,91,97)/t65-,66-,68-,84-/m0/s1. The number of nitrogens with one attached hydrogen (secondary N) is 7. The van der Waals surface area contributed by atoms with Crippen LogP contribution in [0, 0.1) is 13.8 Å². The van der Waals surface area contributed by atoms with E-state index in [4.69, 9.17) is 76.0 Å². The molecular weight excluding hydrogens is 1580 g/mol. The highest BCUT2D eigenvalue weighted by atomic mass is 16.6. The number of benzene rings is 2. The van der Waals surface area contributed by atoms with Crippen molar-refractivity contribution in [2.75, 3.05) is 218 Å². The molecule has 0 spiro atoms. The Morgan fingerprint density at radius 2 is 1.10 bits per heavy atom. The van der Waals surface area contributed by atoms with E-state index in [1.54, 1.807) is 50.4 Å². The number of hydrogen-bond acceptors (Lipinski definition) is 29. The van der Waals surface area contributed by atoms with Gasteiger partial charge in [0.2, 0.25) is 41.4 Å². The van der Waals surface area contributed by atoms with Crippen molar-refractivity contribution in [1.82, 2.24) is 52.0 Å². The third kappa shape index (κ3) is 32.9. The van der Waals surface area contributed by atoms with Gasteiger partial charge < -0.3 is 118 Å². The van der Waals surface area contributed by atoms with Gasteiger partial charge in [-0.2, -0.15) is 0 Å². The summed E-state index contributed by atoms with van der Waals surface area (Å²) >= 11 is 0. The number of pyridine rings is 1. The Hall–Kier alpha value is -9.16. The van der Waals surface area contributed by atoms with E-state index < -0.39 is 109 Å². The van der Waals surface area contributed by atoms with E-state index in [2.05, 4.69) is 44.1 Å². The van der Waals surface area contributed by atoms with Crippen molar-refractivity contribution in [2.45, 2.75) is 122 Å². The third-order valence-corrected chi connectivity index (χ3v) is 20.3. The molecule has 4 atom stereocenters. The van der Waals surface area contributed by atoms with Gasteiger partial charge in [-0.25, -0.2) is 14.6 Å². The Morgan fingerprint density at radius 1 is 0.570 bits per heavy atom. The number of fused-ring (bicyclic) bond motifs is 4. The second-order valence-corrected chi connectivity index (χ2v) is 28.9. The second kappa shape index (κ2) is 54.4. The fourth-order valence-electron chi connectivity index (χ4n) is 13.8. The number of unbranched alkanes of at least 4 members (excludes halogenated alkanes) is 3. The van der Waals surface area contributed by atoms with E-state index in [1.807, 2.05) is 17.9 Å². The van der Waals surface area contributed by atoms with E-state index in [0.29, 0.717) is 219 Å². The Balaban J connectivity index is 0.666. The van der Waals surface area contributed by atoms with Crippen molar-refractivity contribution in [1.29, 1.82) is 0 Å². The summed E-state index contributed by atoms with van der Waals surface area (Å²) in [6, 6.07) is 7.93. The van der Waals surface area contributed by atoms with Gasteiger partial charge in [0, 0.05) is 68.3 Å². The van der Waals surface area contributed by atoms with Crippen molar-refractivity contribution in [3.8, 4) is 0 Å². The molecule has 4 aliphatic heterocycles. The summed E-state index contributed by atoms with van der Waals surface area (Å²) in [7, 11) is 1.63. The minimum Gasteiger partial charge on any atom is -0.387 e. The van der Waals surface area contributed by atoms with Crippen molar-refractivity contribution >= 4 is 81.7 Å². The predicted molar refractivity (Wildman–Crippen MR) is 434 cm³/mol. The smallest absolute Gasteiger partial charge is 0.350 e. The topological polar surface area (TPSA) is 450 Å². The maximum Gasteiger partial charge on any atom is 0.350 e. The molecule has 0 saturated heterocycles. The lowest BCUT2D eigenvalue weighted by molar-refractivity contribution is -0.172. The molecule has 0 fully saturated rings. The number of amides is 9. The lowest BCUT2D eigenvalue weighted by Crippen LogP contribution is -2.53. The molecule has 1 aromatic heterocycles. The summed E-state index contributed by atoms with van der Waals surface area (Å²) in [6.45, 7) is 14.5. The molecule has 3 aromatic rings. The number of aromatic nitrogens is 1. The van der Waals surface area contributed by atoms with Crippen LogP contribution in [0.15, 0.2) is 65.8 Å². The first-order valence-corrected chi connectivity index (χ1v) is 41.5. The fourth-order valence-corrected chi connectivity index (χ4v) is 13.8. The fraction of sp³-hybridized carbons (Fsp3) is 0.619. The molecule has 0 radical (unpaired) electrons. The molecule has 5 aliphatic rings. The van der Waals surface area contributed by atoms with Crippen molar-refractivity contribution in [3.63, 3.8) is 0 Å². The van der Waals surface area contributed by atoms with Gasteiger partial charge in [-0.1, -0.05) is 43.7 Å². The van der Waals surface area contributed by atoms with Crippen LogP contribution >= 0.6 is 0 Å². The largest absolute Gasteiger partial charge is 0.387 e. The Labute approximate surface area is 704 Å². The highest BCUT2D eigenvalue weighted by Crippen LogP contribution is 2.48. The Bertz CT molecular complexity index is 3960. The molecule has 0 saturated carbocycles. The van der Waals surface area contributed by atoms with E-state index in [9.17, 15) is 57.8 Å². The number of nitrogens with zero attached hydrogens (tertiary/aromatic N) is 3. The average Bonchev–Trinajstić information content (AvgIpc) is 1.59. The summed E-state index contributed by atoms with van der Waals surface area (Å²) in [5.74, 6) is -6.82. The van der Waals surface area contributed by atoms with Crippen molar-refractivity contribution in [3.05, 3.63) is 105 Å². The number of esters is 2. The van der Waals surface area contributed by atoms with Crippen molar-refractivity contribution in [2.24, 2.45) is 0 Å². The van der Waals surface area contributed by atoms with E-state index in [1.165, 1.54) is 12.2 Å². The summed E-state index contributed by atoms with van der Waals surface area (Å²) < 4.78 is 81.4. The quantitative estimate of drug-likeness (QED) is 0.0127. The van der Waals surface area contributed by atoms with Gasteiger partial charge in [-0.05, 0) is 105 Å². The summed E-state index contributed by atoms with van der Waals surface area (Å²) in [4.78, 5) is 152. The Kier molecular flexibility index (Phi) is 43.7. The molecule has 121 heavy (non-hydrogen) atoms. The van der Waals surface area contributed by atoms with Crippen LogP contribution in [-0.4, -0.2) is 321 Å². The van der Waals surface area contributed by atoms with Crippen LogP contribution in [-0.2, 0) is 143 Å². The van der Waals surface area contributed by atoms with Gasteiger partial charge in [0.1, 0.15) is 32.0 Å². The average molecular weight is 1700 g/mol. The van der Waals surface area contributed by atoms with Crippen LogP contribution in [0.25, 0.3) is 16.6 Å². The Morgan fingerprint density at radius 3 is 1.66 bits per heavy atom. The number of cyclic esters (lactones) is 2. The number of methoxy groups -OCH3 is 1. The van der Waals surface area contributed by atoms with E-state index >= 15 is 0 Å². The van der Waals surface area contributed by atoms with Gasteiger partial charge in [-0.3, -0.25) is 48.1 Å². The first-order valence-electron chi connectivity index (χ1n) is 41.5. The van der Waals surface area contributed by atoms with Gasteiger partial charge in [0.05, 0.1) is 207 Å². The van der Waals surface area contributed by atoms with Crippen LogP contribution in [0.4, 0.5) is 0 Å². The van der Waals surface area contributed by atoms with Gasteiger partial charge in [0.25, 0.3) is 11.8 Å². The lowest BCUT2D eigenvalue weighted by Gasteiger charge is -2.36. The van der Waals surface area contributed by atoms with Crippen LogP contribution in [0.5, 0.6) is 0 Å². The van der Waals surface area contributed by atoms with Gasteiger partial charge in [-0.15, -0.1) is 0 Å². The minimum absolute atomic E-state index is 0.00606.